The third kappa shape index (κ3) is 2.80. The molecule has 1 aliphatic heterocycles. The first-order valence-electron chi connectivity index (χ1n) is 5.72. The summed E-state index contributed by atoms with van der Waals surface area (Å²) in [5.74, 6) is -0.968. The van der Waals surface area contributed by atoms with Gasteiger partial charge in [-0.25, -0.2) is 14.1 Å². The highest BCUT2D eigenvalue weighted by Crippen LogP contribution is 2.18. The third-order valence-corrected chi connectivity index (χ3v) is 3.27. The molecule has 1 unspecified atom stereocenters. The Kier molecular flexibility index (Phi) is 4.44. The Hall–Kier alpha value is -0.940. The van der Waals surface area contributed by atoms with E-state index in [0.717, 1.165) is 6.42 Å². The van der Waals surface area contributed by atoms with Crippen molar-refractivity contribution in [2.45, 2.75) is 20.3 Å². The van der Waals surface area contributed by atoms with Gasteiger partial charge in [0.15, 0.2) is 6.54 Å². The second kappa shape index (κ2) is 5.41. The van der Waals surface area contributed by atoms with Gasteiger partial charge < -0.3 is 9.84 Å². The van der Waals surface area contributed by atoms with Gasteiger partial charge in [0.25, 0.3) is 0 Å². The lowest BCUT2D eigenvalue weighted by Gasteiger charge is -2.38. The first kappa shape index (κ1) is 13.1. The van der Waals surface area contributed by atoms with E-state index >= 15 is 0 Å². The average molecular weight is 230 g/mol. The Balaban J connectivity index is 2.84. The van der Waals surface area contributed by atoms with Crippen LogP contribution in [-0.2, 0) is 14.3 Å². The van der Waals surface area contributed by atoms with E-state index in [0.29, 0.717) is 26.3 Å². The maximum Gasteiger partial charge on any atom is 0.359 e. The summed E-state index contributed by atoms with van der Waals surface area (Å²) in [6, 6.07) is 0. The summed E-state index contributed by atoms with van der Waals surface area (Å²) < 4.78 is 5.26. The Bertz CT molecular complexity index is 271. The molecule has 0 aromatic carbocycles. The normalized spacial score (nSPS) is 21.4. The molecule has 1 rings (SSSR count). The highest BCUT2D eigenvalue weighted by molar-refractivity contribution is 5.76. The van der Waals surface area contributed by atoms with Gasteiger partial charge >= 0.3 is 11.9 Å². The van der Waals surface area contributed by atoms with E-state index in [4.69, 9.17) is 9.84 Å². The molecule has 16 heavy (non-hydrogen) atoms. The zero-order valence-corrected chi connectivity index (χ0v) is 9.94. The number of quaternary nitrogens is 1. The Morgan fingerprint density at radius 3 is 2.38 bits per heavy atom. The molecule has 5 heteroatoms. The molecule has 1 heterocycles. The summed E-state index contributed by atoms with van der Waals surface area (Å²) in [6.07, 6.45) is 0.749. The number of hydrogen-bond donors (Lipinski definition) is 1. The zero-order chi connectivity index (χ0) is 12.2. The lowest BCUT2D eigenvalue weighted by atomic mass is 10.0. The van der Waals surface area contributed by atoms with Crippen molar-refractivity contribution in [3.63, 3.8) is 0 Å². The fraction of sp³-hybridized carbons (Fsp3) is 0.818. The summed E-state index contributed by atoms with van der Waals surface area (Å²) in [6.45, 7) is 5.59. The molecule has 1 aliphatic rings. The molecule has 0 aromatic rings. The van der Waals surface area contributed by atoms with Gasteiger partial charge in [0, 0.05) is 0 Å². The first-order valence-corrected chi connectivity index (χ1v) is 5.72. The smallest absolute Gasteiger partial charge is 0.359 e. The molecule has 0 radical (unpaired) electrons. The number of aliphatic carboxylic acids is 1. The van der Waals surface area contributed by atoms with E-state index in [2.05, 4.69) is 0 Å². The minimum Gasteiger partial charge on any atom is -0.477 e. The number of carbonyl (C=O) groups is 2. The molecule has 0 aromatic heterocycles. The standard InChI is InChI=1S/C11H19NO4/c1-3-9(2)11(15)12(8-10(13)14)4-6-16-7-5-12/h9H,3-8H2,1-2H3/p+1. The van der Waals surface area contributed by atoms with E-state index in [9.17, 15) is 9.59 Å². The summed E-state index contributed by atoms with van der Waals surface area (Å²) in [4.78, 5) is 23.1. The number of rotatable bonds is 4. The van der Waals surface area contributed by atoms with Gasteiger partial charge in [0.05, 0.1) is 19.1 Å². The lowest BCUT2D eigenvalue weighted by molar-refractivity contribution is -0.857. The quantitative estimate of drug-likeness (QED) is 0.714. The molecule has 0 spiro atoms. The number of carboxylic acid groups (broad SMARTS) is 1. The molecule has 0 aliphatic carbocycles. The van der Waals surface area contributed by atoms with Crippen LogP contribution in [0.5, 0.6) is 0 Å². The van der Waals surface area contributed by atoms with Crippen molar-refractivity contribution in [3.05, 3.63) is 0 Å². The van der Waals surface area contributed by atoms with Gasteiger partial charge in [-0.3, -0.25) is 0 Å². The highest BCUT2D eigenvalue weighted by atomic mass is 16.5. The van der Waals surface area contributed by atoms with Crippen molar-refractivity contribution < 1.29 is 23.9 Å². The summed E-state index contributed by atoms with van der Waals surface area (Å²) in [5, 5.41) is 8.93. The summed E-state index contributed by atoms with van der Waals surface area (Å²) in [7, 11) is 0. The molecular weight excluding hydrogens is 210 g/mol. The molecular formula is C11H20NO4+. The monoisotopic (exact) mass is 230 g/mol. The van der Waals surface area contributed by atoms with Gasteiger partial charge in [0.1, 0.15) is 13.1 Å². The lowest BCUT2D eigenvalue weighted by Crippen LogP contribution is -2.62. The van der Waals surface area contributed by atoms with E-state index in [1.54, 1.807) is 0 Å². The van der Waals surface area contributed by atoms with Gasteiger partial charge in [-0.2, -0.15) is 0 Å². The molecule has 5 nitrogen and oxygen atoms in total. The molecule has 1 fully saturated rings. The van der Waals surface area contributed by atoms with Crippen LogP contribution in [0.15, 0.2) is 0 Å². The zero-order valence-electron chi connectivity index (χ0n) is 9.94. The number of nitrogens with zero attached hydrogens (tertiary/aromatic N) is 1. The van der Waals surface area contributed by atoms with Crippen LogP contribution in [0.1, 0.15) is 20.3 Å². The second-order valence-corrected chi connectivity index (χ2v) is 4.40. The van der Waals surface area contributed by atoms with Crippen molar-refractivity contribution >= 4 is 11.9 Å². The maximum atomic E-state index is 12.2. The highest BCUT2D eigenvalue weighted by Gasteiger charge is 2.42. The fourth-order valence-electron chi connectivity index (χ4n) is 2.05. The van der Waals surface area contributed by atoms with Crippen LogP contribution >= 0.6 is 0 Å². The number of morpholine rings is 1. The maximum absolute atomic E-state index is 12.2. The van der Waals surface area contributed by atoms with Crippen molar-refractivity contribution in [2.24, 2.45) is 5.92 Å². The Morgan fingerprint density at radius 1 is 1.38 bits per heavy atom. The van der Waals surface area contributed by atoms with Crippen LogP contribution < -0.4 is 0 Å². The molecule has 1 N–H and O–H groups in total. The molecule has 1 atom stereocenters. The Morgan fingerprint density at radius 2 is 1.94 bits per heavy atom. The third-order valence-electron chi connectivity index (χ3n) is 3.27. The predicted molar refractivity (Wildman–Crippen MR) is 57.8 cm³/mol. The minimum absolute atomic E-state index is 0.0354. The van der Waals surface area contributed by atoms with Crippen molar-refractivity contribution in [3.8, 4) is 0 Å². The number of ether oxygens (including phenoxy) is 1. The van der Waals surface area contributed by atoms with Gasteiger partial charge in [-0.1, -0.05) is 6.92 Å². The minimum atomic E-state index is -0.918. The van der Waals surface area contributed by atoms with Crippen molar-refractivity contribution in [1.29, 1.82) is 0 Å². The van der Waals surface area contributed by atoms with E-state index in [-0.39, 0.29) is 22.9 Å². The number of hydrogen-bond acceptors (Lipinski definition) is 3. The van der Waals surface area contributed by atoms with Crippen LogP contribution in [0.2, 0.25) is 0 Å². The van der Waals surface area contributed by atoms with Crippen molar-refractivity contribution in [2.75, 3.05) is 32.8 Å². The molecule has 0 saturated carbocycles. The molecule has 92 valence electrons. The van der Waals surface area contributed by atoms with Gasteiger partial charge in [0.2, 0.25) is 0 Å². The van der Waals surface area contributed by atoms with E-state index < -0.39 is 5.97 Å². The van der Waals surface area contributed by atoms with Crippen LogP contribution in [-0.4, -0.2) is 54.3 Å². The van der Waals surface area contributed by atoms with Crippen LogP contribution in [0, 0.1) is 5.92 Å². The summed E-state index contributed by atoms with van der Waals surface area (Å²) >= 11 is 0. The fourth-order valence-corrected chi connectivity index (χ4v) is 2.05. The van der Waals surface area contributed by atoms with Gasteiger partial charge in [-0.15, -0.1) is 0 Å². The van der Waals surface area contributed by atoms with Crippen LogP contribution in [0.25, 0.3) is 0 Å². The SMILES string of the molecule is CCC(C)C(=O)[N+]1(CC(=O)O)CCOCC1. The molecule has 1 amide bonds. The van der Waals surface area contributed by atoms with E-state index in [1.807, 2.05) is 13.8 Å². The number of carboxylic acids is 1. The second-order valence-electron chi connectivity index (χ2n) is 4.40. The van der Waals surface area contributed by atoms with Crippen molar-refractivity contribution in [1.82, 2.24) is 0 Å². The molecule has 0 bridgehead atoms. The first-order chi connectivity index (χ1) is 7.52. The number of carbonyl (C=O) groups excluding carboxylic acids is 1. The predicted octanol–water partition coefficient (Wildman–Crippen LogP) is 0.491. The molecule has 1 saturated heterocycles. The topological polar surface area (TPSA) is 63.6 Å². The largest absolute Gasteiger partial charge is 0.477 e. The van der Waals surface area contributed by atoms with Crippen LogP contribution in [0.3, 0.4) is 0 Å². The summed E-state index contributed by atoms with van der Waals surface area (Å²) in [5.41, 5.74) is 0. The average Bonchev–Trinajstić information content (AvgIpc) is 2.27. The number of amides is 1. The Labute approximate surface area is 95.6 Å². The van der Waals surface area contributed by atoms with Crippen LogP contribution in [0.4, 0.5) is 0 Å². The van der Waals surface area contributed by atoms with Gasteiger partial charge in [-0.05, 0) is 13.3 Å². The van der Waals surface area contributed by atoms with E-state index in [1.165, 1.54) is 0 Å².